The minimum absolute atomic E-state index is 0.0976. The Hall–Kier alpha value is -1.64. The van der Waals surface area contributed by atoms with Crippen molar-refractivity contribution < 1.29 is 17.9 Å². The molecule has 0 saturated carbocycles. The first-order chi connectivity index (χ1) is 13.9. The molecule has 0 aromatic heterocycles. The molecule has 0 N–H and O–H groups in total. The maximum absolute atomic E-state index is 13.2. The predicted octanol–water partition coefficient (Wildman–Crippen LogP) is 2.08. The van der Waals surface area contributed by atoms with Crippen molar-refractivity contribution in [3.8, 4) is 0 Å². The number of amides is 1. The van der Waals surface area contributed by atoms with Crippen LogP contribution in [0.4, 0.5) is 5.69 Å². The van der Waals surface area contributed by atoms with Crippen LogP contribution in [0.25, 0.3) is 0 Å². The topological polar surface area (TPSA) is 70.2 Å². The van der Waals surface area contributed by atoms with E-state index >= 15 is 0 Å². The highest BCUT2D eigenvalue weighted by atomic mass is 32.2. The Labute approximate surface area is 174 Å². The Bertz CT molecular complexity index is 793. The largest absolute Gasteiger partial charge is 0.378 e. The number of carbonyl (C=O) groups is 1. The van der Waals surface area contributed by atoms with Crippen LogP contribution >= 0.6 is 0 Å². The van der Waals surface area contributed by atoms with Crippen LogP contribution in [0.1, 0.15) is 38.2 Å². The van der Waals surface area contributed by atoms with Gasteiger partial charge in [-0.15, -0.1) is 0 Å². The first-order valence-corrected chi connectivity index (χ1v) is 12.2. The van der Waals surface area contributed by atoms with Crippen molar-refractivity contribution in [1.82, 2.24) is 9.21 Å². The average molecular weight is 424 g/mol. The lowest BCUT2D eigenvalue weighted by atomic mass is 10.0. The van der Waals surface area contributed by atoms with Gasteiger partial charge in [-0.2, -0.15) is 4.31 Å². The van der Waals surface area contributed by atoms with Gasteiger partial charge in [0.1, 0.15) is 6.04 Å². The molecule has 1 aromatic carbocycles. The van der Waals surface area contributed by atoms with Gasteiger partial charge in [-0.1, -0.05) is 31.5 Å². The van der Waals surface area contributed by atoms with Crippen molar-refractivity contribution in [2.75, 3.05) is 50.5 Å². The number of carbonyl (C=O) groups excluding carboxylic acids is 1. The predicted molar refractivity (Wildman–Crippen MR) is 114 cm³/mol. The van der Waals surface area contributed by atoms with Crippen molar-refractivity contribution in [2.24, 2.45) is 0 Å². The summed E-state index contributed by atoms with van der Waals surface area (Å²) >= 11 is 0. The van der Waals surface area contributed by atoms with Gasteiger partial charge in [0.05, 0.1) is 19.0 Å². The summed E-state index contributed by atoms with van der Waals surface area (Å²) in [5.74, 6) is -0.0125. The Morgan fingerprint density at radius 1 is 1.17 bits per heavy atom. The van der Waals surface area contributed by atoms with E-state index in [0.717, 1.165) is 37.2 Å². The van der Waals surface area contributed by atoms with Crippen LogP contribution < -0.4 is 4.90 Å². The van der Waals surface area contributed by atoms with Crippen LogP contribution in [0.3, 0.4) is 0 Å². The lowest BCUT2D eigenvalue weighted by Crippen LogP contribution is -2.52. The quantitative estimate of drug-likeness (QED) is 0.672. The van der Waals surface area contributed by atoms with Gasteiger partial charge in [0, 0.05) is 38.9 Å². The summed E-state index contributed by atoms with van der Waals surface area (Å²) < 4.78 is 32.3. The number of benzene rings is 1. The zero-order chi connectivity index (χ0) is 20.9. The van der Waals surface area contributed by atoms with E-state index in [2.05, 4.69) is 11.0 Å². The van der Waals surface area contributed by atoms with Crippen LogP contribution in [-0.4, -0.2) is 75.2 Å². The molecule has 2 heterocycles. The molecule has 1 amide bonds. The summed E-state index contributed by atoms with van der Waals surface area (Å²) in [5.41, 5.74) is 2.19. The molecule has 1 atom stereocenters. The molecule has 2 saturated heterocycles. The summed E-state index contributed by atoms with van der Waals surface area (Å²) in [7, 11) is -1.62. The van der Waals surface area contributed by atoms with E-state index in [1.54, 1.807) is 11.9 Å². The number of hydrogen-bond acceptors (Lipinski definition) is 5. The third-order valence-electron chi connectivity index (χ3n) is 5.69. The van der Waals surface area contributed by atoms with Gasteiger partial charge in [0.2, 0.25) is 15.9 Å². The molecule has 1 unspecified atom stereocenters. The highest BCUT2D eigenvalue weighted by Crippen LogP contribution is 2.26. The summed E-state index contributed by atoms with van der Waals surface area (Å²) in [4.78, 5) is 17.2. The number of likely N-dealkylation sites (N-methyl/N-ethyl adjacent to an activating group) is 1. The summed E-state index contributed by atoms with van der Waals surface area (Å²) in [5, 5.41) is 0. The Morgan fingerprint density at radius 2 is 1.90 bits per heavy atom. The molecule has 0 bridgehead atoms. The zero-order valence-corrected chi connectivity index (χ0v) is 18.4. The fourth-order valence-electron chi connectivity index (χ4n) is 4.21. The number of anilines is 1. The summed E-state index contributed by atoms with van der Waals surface area (Å²) in [6.45, 7) is 5.83. The standard InChI is InChI=1S/C21H33N3O4S/c1-3-16-29(26,27)24-11-7-6-10-20(24)21(25)22(2)17-18-8-4-5-9-19(18)23-12-14-28-15-13-23/h4-5,8-9,20H,3,6-7,10-17H2,1-2H3. The number of ether oxygens (including phenoxy) is 1. The molecule has 0 spiro atoms. The van der Waals surface area contributed by atoms with E-state index in [4.69, 9.17) is 4.74 Å². The molecule has 2 fully saturated rings. The van der Waals surface area contributed by atoms with Gasteiger partial charge in [0.15, 0.2) is 0 Å². The van der Waals surface area contributed by atoms with Crippen molar-refractivity contribution in [2.45, 2.75) is 45.2 Å². The first-order valence-electron chi connectivity index (χ1n) is 10.6. The van der Waals surface area contributed by atoms with Crippen LogP contribution in [0, 0.1) is 0 Å². The number of piperidine rings is 1. The van der Waals surface area contributed by atoms with Gasteiger partial charge in [-0.3, -0.25) is 4.79 Å². The van der Waals surface area contributed by atoms with Crippen LogP contribution in [0.2, 0.25) is 0 Å². The van der Waals surface area contributed by atoms with Crippen molar-refractivity contribution >= 4 is 21.6 Å². The SMILES string of the molecule is CCCS(=O)(=O)N1CCCCC1C(=O)N(C)Cc1ccccc1N1CCOCC1. The fourth-order valence-corrected chi connectivity index (χ4v) is 5.95. The normalized spacial score (nSPS) is 21.2. The molecule has 0 aliphatic carbocycles. The first kappa shape index (κ1) is 22.1. The van der Waals surface area contributed by atoms with Gasteiger partial charge in [-0.05, 0) is 30.9 Å². The highest BCUT2D eigenvalue weighted by Gasteiger charge is 2.37. The van der Waals surface area contributed by atoms with Crippen LogP contribution in [0.15, 0.2) is 24.3 Å². The van der Waals surface area contributed by atoms with Crippen molar-refractivity contribution in [3.63, 3.8) is 0 Å². The molecule has 7 nitrogen and oxygen atoms in total. The molecular formula is C21H33N3O4S. The van der Waals surface area contributed by atoms with Crippen LogP contribution in [-0.2, 0) is 26.1 Å². The molecule has 1 aromatic rings. The van der Waals surface area contributed by atoms with E-state index in [0.29, 0.717) is 39.1 Å². The third-order valence-corrected chi connectivity index (χ3v) is 7.76. The Morgan fingerprint density at radius 3 is 2.62 bits per heavy atom. The van der Waals surface area contributed by atoms with Gasteiger partial charge >= 0.3 is 0 Å². The highest BCUT2D eigenvalue weighted by molar-refractivity contribution is 7.89. The molecule has 2 aliphatic heterocycles. The Balaban J connectivity index is 1.75. The summed E-state index contributed by atoms with van der Waals surface area (Å²) in [6.07, 6.45) is 2.85. The molecule has 162 valence electrons. The van der Waals surface area contributed by atoms with E-state index in [-0.39, 0.29) is 11.7 Å². The molecule has 3 rings (SSSR count). The second kappa shape index (κ2) is 9.91. The number of morpholine rings is 1. The fraction of sp³-hybridized carbons (Fsp3) is 0.667. The zero-order valence-electron chi connectivity index (χ0n) is 17.5. The summed E-state index contributed by atoms with van der Waals surface area (Å²) in [6, 6.07) is 7.53. The lowest BCUT2D eigenvalue weighted by Gasteiger charge is -2.36. The van der Waals surface area contributed by atoms with Crippen molar-refractivity contribution in [3.05, 3.63) is 29.8 Å². The van der Waals surface area contributed by atoms with Gasteiger partial charge in [0.25, 0.3) is 0 Å². The van der Waals surface area contributed by atoms with E-state index < -0.39 is 16.1 Å². The van der Waals surface area contributed by atoms with Crippen molar-refractivity contribution in [1.29, 1.82) is 0 Å². The minimum Gasteiger partial charge on any atom is -0.378 e. The molecule has 0 radical (unpaired) electrons. The maximum Gasteiger partial charge on any atom is 0.241 e. The molecule has 29 heavy (non-hydrogen) atoms. The Kier molecular flexibility index (Phi) is 7.54. The van der Waals surface area contributed by atoms with E-state index in [9.17, 15) is 13.2 Å². The van der Waals surface area contributed by atoms with E-state index in [1.165, 1.54) is 4.31 Å². The third kappa shape index (κ3) is 5.29. The maximum atomic E-state index is 13.2. The minimum atomic E-state index is -3.40. The van der Waals surface area contributed by atoms with Crippen LogP contribution in [0.5, 0.6) is 0 Å². The smallest absolute Gasteiger partial charge is 0.241 e. The monoisotopic (exact) mass is 423 g/mol. The molecule has 2 aliphatic rings. The average Bonchev–Trinajstić information content (AvgIpc) is 2.74. The van der Waals surface area contributed by atoms with E-state index in [1.807, 2.05) is 25.1 Å². The second-order valence-electron chi connectivity index (χ2n) is 7.86. The number of nitrogens with zero attached hydrogens (tertiary/aromatic N) is 3. The number of sulfonamides is 1. The number of para-hydroxylation sites is 1. The van der Waals surface area contributed by atoms with Gasteiger partial charge < -0.3 is 14.5 Å². The second-order valence-corrected chi connectivity index (χ2v) is 9.90. The van der Waals surface area contributed by atoms with Gasteiger partial charge in [-0.25, -0.2) is 8.42 Å². The lowest BCUT2D eigenvalue weighted by molar-refractivity contribution is -0.135. The number of hydrogen-bond donors (Lipinski definition) is 0. The number of rotatable bonds is 7. The molecular weight excluding hydrogens is 390 g/mol. The molecule has 8 heteroatoms.